The second kappa shape index (κ2) is 6.49. The Bertz CT molecular complexity index is 387. The molecule has 1 rings (SSSR count). The summed E-state index contributed by atoms with van der Waals surface area (Å²) in [6.07, 6.45) is 0.628. The van der Waals surface area contributed by atoms with Crippen molar-refractivity contribution in [2.24, 2.45) is 0 Å². The minimum atomic E-state index is -1.60. The third kappa shape index (κ3) is 4.70. The normalized spacial score (nSPS) is 22.0. The van der Waals surface area contributed by atoms with Gasteiger partial charge in [-0.3, -0.25) is 4.90 Å². The van der Waals surface area contributed by atoms with Gasteiger partial charge in [0.15, 0.2) is 0 Å². The Kier molecular flexibility index (Phi) is 5.74. The summed E-state index contributed by atoms with van der Waals surface area (Å²) in [6, 6.07) is 0. The molecule has 0 N–H and O–H groups in total. The average Bonchev–Trinajstić information content (AvgIpc) is 2.51. The van der Waals surface area contributed by atoms with Crippen molar-refractivity contribution in [3.63, 3.8) is 0 Å². The fourth-order valence-electron chi connectivity index (χ4n) is 2.90. The Morgan fingerprint density at radius 1 is 1.27 bits per heavy atom. The van der Waals surface area contributed by atoms with E-state index in [0.717, 1.165) is 13.0 Å². The summed E-state index contributed by atoms with van der Waals surface area (Å²) >= 11 is 0. The van der Waals surface area contributed by atoms with Gasteiger partial charge in [-0.2, -0.15) is 0 Å². The molecule has 0 aromatic rings. The number of hydrogen-bond donors (Lipinski definition) is 0. The van der Waals surface area contributed by atoms with E-state index in [-0.39, 0.29) is 17.4 Å². The van der Waals surface area contributed by atoms with Gasteiger partial charge in [0.05, 0.1) is 25.9 Å². The quantitative estimate of drug-likeness (QED) is 0.726. The summed E-state index contributed by atoms with van der Waals surface area (Å²) in [6.45, 7) is 16.1. The molecule has 0 radical (unpaired) electrons. The lowest BCUT2D eigenvalue weighted by molar-refractivity contribution is -0.0547. The van der Waals surface area contributed by atoms with Gasteiger partial charge in [-0.25, -0.2) is 4.79 Å². The first-order chi connectivity index (χ1) is 9.77. The van der Waals surface area contributed by atoms with Crippen LogP contribution in [0.25, 0.3) is 0 Å². The van der Waals surface area contributed by atoms with E-state index in [1.807, 2.05) is 41.8 Å². The molecular weight excluding hydrogens is 296 g/mol. The highest BCUT2D eigenvalue weighted by molar-refractivity contribution is 6.77. The molecule has 130 valence electrons. The molecule has 1 amide bonds. The van der Waals surface area contributed by atoms with E-state index in [9.17, 15) is 4.79 Å². The molecule has 0 aromatic heterocycles. The van der Waals surface area contributed by atoms with Gasteiger partial charge in [-0.05, 0) is 48.2 Å². The molecule has 6 heteroatoms. The van der Waals surface area contributed by atoms with Crippen LogP contribution in [0.2, 0.25) is 19.6 Å². The summed E-state index contributed by atoms with van der Waals surface area (Å²) in [5.74, 6) is 0. The molecular formula is C16H34N2O3Si. The van der Waals surface area contributed by atoms with E-state index in [1.54, 1.807) is 4.90 Å². The summed E-state index contributed by atoms with van der Waals surface area (Å²) in [4.78, 5) is 16.7. The molecule has 1 saturated heterocycles. The van der Waals surface area contributed by atoms with Gasteiger partial charge >= 0.3 is 6.09 Å². The van der Waals surface area contributed by atoms with Crippen molar-refractivity contribution >= 4 is 14.2 Å². The first-order valence-electron chi connectivity index (χ1n) is 8.07. The molecule has 0 spiro atoms. The summed E-state index contributed by atoms with van der Waals surface area (Å²) in [5, 5.41) is 0. The molecule has 0 aromatic carbocycles. The van der Waals surface area contributed by atoms with Crippen LogP contribution in [0.5, 0.6) is 0 Å². The number of amides is 1. The van der Waals surface area contributed by atoms with E-state index in [0.29, 0.717) is 6.61 Å². The van der Waals surface area contributed by atoms with E-state index < -0.39 is 13.8 Å². The van der Waals surface area contributed by atoms with Gasteiger partial charge in [-0.1, -0.05) is 19.6 Å². The highest BCUT2D eigenvalue weighted by atomic mass is 28.3. The average molecular weight is 331 g/mol. The number of carbonyl (C=O) groups excluding carboxylic acids is 1. The van der Waals surface area contributed by atoms with E-state index in [1.165, 1.54) is 0 Å². The van der Waals surface area contributed by atoms with Crippen LogP contribution in [-0.4, -0.2) is 68.2 Å². The van der Waals surface area contributed by atoms with Gasteiger partial charge in [0.25, 0.3) is 0 Å². The van der Waals surface area contributed by atoms with Crippen molar-refractivity contribution in [1.29, 1.82) is 0 Å². The lowest BCUT2D eigenvalue weighted by atomic mass is 10.0. The maximum atomic E-state index is 12.8. The van der Waals surface area contributed by atoms with E-state index >= 15 is 0 Å². The third-order valence-corrected chi connectivity index (χ3v) is 6.49. The van der Waals surface area contributed by atoms with Crippen molar-refractivity contribution < 1.29 is 14.3 Å². The van der Waals surface area contributed by atoms with Crippen LogP contribution >= 0.6 is 0 Å². The Balaban J connectivity index is 2.86. The van der Waals surface area contributed by atoms with Crippen molar-refractivity contribution in [3.8, 4) is 0 Å². The summed E-state index contributed by atoms with van der Waals surface area (Å²) < 4.78 is 11.7. The van der Waals surface area contributed by atoms with Gasteiger partial charge in [0.1, 0.15) is 5.72 Å². The van der Waals surface area contributed by atoms with E-state index in [4.69, 9.17) is 9.47 Å². The second-order valence-corrected chi connectivity index (χ2v) is 14.1. The van der Waals surface area contributed by atoms with E-state index in [2.05, 4.69) is 24.5 Å². The minimum absolute atomic E-state index is 0.00889. The Morgan fingerprint density at radius 2 is 1.82 bits per heavy atom. The molecule has 0 aliphatic carbocycles. The fraction of sp³-hybridized carbons (Fsp3) is 0.938. The highest BCUT2D eigenvalue weighted by Gasteiger charge is 2.50. The fourth-order valence-corrected chi connectivity index (χ4v) is 4.35. The topological polar surface area (TPSA) is 42.0 Å². The van der Waals surface area contributed by atoms with Crippen molar-refractivity contribution in [3.05, 3.63) is 0 Å². The summed E-state index contributed by atoms with van der Waals surface area (Å²) in [5.41, 5.74) is -0.951. The van der Waals surface area contributed by atoms with Crippen molar-refractivity contribution in [1.82, 2.24) is 9.80 Å². The number of ether oxygens (including phenoxy) is 2. The molecule has 1 aliphatic rings. The lowest BCUT2D eigenvalue weighted by Crippen LogP contribution is -2.55. The first kappa shape index (κ1) is 19.5. The SMILES string of the molecule is CN(C)CC[C@@H](OC(=O)N1C(C)(C)COC1(C)C)[Si](C)(C)C. The molecule has 22 heavy (non-hydrogen) atoms. The lowest BCUT2D eigenvalue weighted by Gasteiger charge is -2.39. The third-order valence-electron chi connectivity index (χ3n) is 4.15. The molecule has 0 saturated carbocycles. The minimum Gasteiger partial charge on any atom is -0.450 e. The van der Waals surface area contributed by atoms with Crippen LogP contribution in [0, 0.1) is 0 Å². The molecule has 0 bridgehead atoms. The van der Waals surface area contributed by atoms with Crippen molar-refractivity contribution in [2.45, 2.75) is 70.7 Å². The molecule has 1 atom stereocenters. The standard InChI is InChI=1S/C16H34N2O3Si/c1-15(2)12-20-16(3,4)18(15)14(19)21-13(22(7,8)9)10-11-17(5)6/h13H,10-12H2,1-9H3/t13-/m0/s1. The van der Waals surface area contributed by atoms with Gasteiger partial charge in [-0.15, -0.1) is 0 Å². The van der Waals surface area contributed by atoms with Crippen LogP contribution in [-0.2, 0) is 9.47 Å². The first-order valence-corrected chi connectivity index (χ1v) is 11.6. The van der Waals surface area contributed by atoms with Crippen LogP contribution in [0.3, 0.4) is 0 Å². The maximum absolute atomic E-state index is 12.8. The zero-order valence-corrected chi connectivity index (χ0v) is 16.8. The predicted molar refractivity (Wildman–Crippen MR) is 92.7 cm³/mol. The van der Waals surface area contributed by atoms with Crippen LogP contribution in [0.1, 0.15) is 34.1 Å². The van der Waals surface area contributed by atoms with Crippen LogP contribution in [0.4, 0.5) is 4.79 Å². The molecule has 1 heterocycles. The van der Waals surface area contributed by atoms with Crippen LogP contribution < -0.4 is 0 Å². The Hall–Kier alpha value is -0.593. The summed E-state index contributed by atoms with van der Waals surface area (Å²) in [7, 11) is 2.49. The number of hydrogen-bond acceptors (Lipinski definition) is 4. The predicted octanol–water partition coefficient (Wildman–Crippen LogP) is 3.17. The maximum Gasteiger partial charge on any atom is 0.412 e. The van der Waals surface area contributed by atoms with Crippen molar-refractivity contribution in [2.75, 3.05) is 27.2 Å². The second-order valence-electron chi connectivity index (χ2n) is 8.71. The monoisotopic (exact) mass is 330 g/mol. The Labute approximate surface area is 136 Å². The van der Waals surface area contributed by atoms with Gasteiger partial charge < -0.3 is 14.4 Å². The van der Waals surface area contributed by atoms with Gasteiger partial charge in [0, 0.05) is 6.54 Å². The van der Waals surface area contributed by atoms with Gasteiger partial charge in [0.2, 0.25) is 0 Å². The molecule has 5 nitrogen and oxygen atoms in total. The van der Waals surface area contributed by atoms with Crippen LogP contribution in [0.15, 0.2) is 0 Å². The Morgan fingerprint density at radius 3 is 2.18 bits per heavy atom. The largest absolute Gasteiger partial charge is 0.450 e. The number of carbonyl (C=O) groups is 1. The smallest absolute Gasteiger partial charge is 0.412 e. The molecule has 0 unspecified atom stereocenters. The highest BCUT2D eigenvalue weighted by Crippen LogP contribution is 2.35. The molecule has 1 aliphatic heterocycles. The number of nitrogens with zero attached hydrogens (tertiary/aromatic N) is 2. The zero-order chi connectivity index (χ0) is 17.3. The zero-order valence-electron chi connectivity index (χ0n) is 15.8. The molecule has 1 fully saturated rings. The number of rotatable bonds is 5.